The average molecular weight is 282 g/mol. The van der Waals surface area contributed by atoms with E-state index in [2.05, 4.69) is 21.2 Å². The summed E-state index contributed by atoms with van der Waals surface area (Å²) in [5, 5.41) is 13.5. The van der Waals surface area contributed by atoms with E-state index in [-0.39, 0.29) is 23.0 Å². The summed E-state index contributed by atoms with van der Waals surface area (Å²) in [6.07, 6.45) is 0. The van der Waals surface area contributed by atoms with Gasteiger partial charge in [-0.2, -0.15) is 0 Å². The Morgan fingerprint density at radius 1 is 1.57 bits per heavy atom. The zero-order valence-electron chi connectivity index (χ0n) is 7.49. The Morgan fingerprint density at radius 3 is 2.71 bits per heavy atom. The maximum absolute atomic E-state index is 10.6. The van der Waals surface area contributed by atoms with Crippen LogP contribution >= 0.6 is 28.3 Å². The van der Waals surface area contributed by atoms with Crippen molar-refractivity contribution in [3.63, 3.8) is 0 Å². The minimum absolute atomic E-state index is 0. The highest BCUT2D eigenvalue weighted by molar-refractivity contribution is 9.10. The molecule has 0 saturated heterocycles. The zero-order valence-corrected chi connectivity index (χ0v) is 9.89. The van der Waals surface area contributed by atoms with Crippen molar-refractivity contribution < 1.29 is 4.92 Å². The normalized spacial score (nSPS) is 9.29. The Bertz CT molecular complexity index is 333. The average Bonchev–Trinajstić information content (AvgIpc) is 2.04. The van der Waals surface area contributed by atoms with Crippen LogP contribution in [0.4, 0.5) is 5.69 Å². The van der Waals surface area contributed by atoms with Gasteiger partial charge < -0.3 is 5.32 Å². The SMILES string of the molecule is CNCc1cc(Br)ccc1[N+](=O)[O-].Cl. The molecule has 0 atom stereocenters. The van der Waals surface area contributed by atoms with Gasteiger partial charge in [0.1, 0.15) is 0 Å². The molecule has 14 heavy (non-hydrogen) atoms. The maximum Gasteiger partial charge on any atom is 0.273 e. The molecule has 0 aliphatic rings. The van der Waals surface area contributed by atoms with Crippen LogP contribution < -0.4 is 5.32 Å². The van der Waals surface area contributed by atoms with Crippen LogP contribution in [-0.4, -0.2) is 12.0 Å². The minimum Gasteiger partial charge on any atom is -0.315 e. The van der Waals surface area contributed by atoms with Gasteiger partial charge in [0.2, 0.25) is 0 Å². The van der Waals surface area contributed by atoms with Crippen LogP contribution in [-0.2, 0) is 6.54 Å². The first-order chi connectivity index (χ1) is 6.15. The van der Waals surface area contributed by atoms with Crippen molar-refractivity contribution >= 4 is 34.0 Å². The van der Waals surface area contributed by atoms with Crippen LogP contribution in [0.5, 0.6) is 0 Å². The van der Waals surface area contributed by atoms with Gasteiger partial charge in [0.25, 0.3) is 5.69 Å². The third-order valence-electron chi connectivity index (χ3n) is 1.61. The van der Waals surface area contributed by atoms with Crippen molar-refractivity contribution in [2.24, 2.45) is 0 Å². The van der Waals surface area contributed by atoms with Gasteiger partial charge in [-0.05, 0) is 19.2 Å². The molecule has 0 heterocycles. The first kappa shape index (κ1) is 13.4. The molecule has 0 bridgehead atoms. The molecule has 1 aromatic rings. The van der Waals surface area contributed by atoms with E-state index in [0.717, 1.165) is 4.47 Å². The largest absolute Gasteiger partial charge is 0.315 e. The molecule has 0 unspecified atom stereocenters. The Hall–Kier alpha value is -0.650. The number of hydrogen-bond donors (Lipinski definition) is 1. The van der Waals surface area contributed by atoms with Crippen molar-refractivity contribution in [1.82, 2.24) is 5.32 Å². The molecule has 0 spiro atoms. The lowest BCUT2D eigenvalue weighted by atomic mass is 10.2. The van der Waals surface area contributed by atoms with E-state index >= 15 is 0 Å². The van der Waals surface area contributed by atoms with Crippen LogP contribution in [0.1, 0.15) is 5.56 Å². The fourth-order valence-corrected chi connectivity index (χ4v) is 1.47. The molecule has 0 fully saturated rings. The summed E-state index contributed by atoms with van der Waals surface area (Å²) in [6.45, 7) is 0.496. The summed E-state index contributed by atoms with van der Waals surface area (Å²) in [4.78, 5) is 10.2. The van der Waals surface area contributed by atoms with E-state index < -0.39 is 0 Å². The summed E-state index contributed by atoms with van der Waals surface area (Å²) < 4.78 is 0.850. The van der Waals surface area contributed by atoms with E-state index in [1.807, 2.05) is 0 Å². The number of nitrogens with zero attached hydrogens (tertiary/aromatic N) is 1. The third-order valence-corrected chi connectivity index (χ3v) is 2.10. The van der Waals surface area contributed by atoms with E-state index in [0.29, 0.717) is 12.1 Å². The lowest BCUT2D eigenvalue weighted by Crippen LogP contribution is -2.07. The first-order valence-electron chi connectivity index (χ1n) is 3.72. The van der Waals surface area contributed by atoms with E-state index in [1.165, 1.54) is 6.07 Å². The number of benzene rings is 1. The Morgan fingerprint density at radius 2 is 2.21 bits per heavy atom. The van der Waals surface area contributed by atoms with Crippen molar-refractivity contribution in [3.8, 4) is 0 Å². The maximum atomic E-state index is 10.6. The van der Waals surface area contributed by atoms with Gasteiger partial charge >= 0.3 is 0 Å². The fourth-order valence-electron chi connectivity index (χ4n) is 1.06. The molecular weight excluding hydrogens is 271 g/mol. The summed E-state index contributed by atoms with van der Waals surface area (Å²) in [6, 6.07) is 4.91. The molecule has 0 radical (unpaired) electrons. The predicted molar refractivity (Wildman–Crippen MR) is 60.8 cm³/mol. The fraction of sp³-hybridized carbons (Fsp3) is 0.250. The number of hydrogen-bond acceptors (Lipinski definition) is 3. The van der Waals surface area contributed by atoms with Crippen molar-refractivity contribution in [1.29, 1.82) is 0 Å². The van der Waals surface area contributed by atoms with Crippen LogP contribution in [0.3, 0.4) is 0 Å². The van der Waals surface area contributed by atoms with Gasteiger partial charge in [0, 0.05) is 22.6 Å². The van der Waals surface area contributed by atoms with Gasteiger partial charge in [0.15, 0.2) is 0 Å². The molecular formula is C8H10BrClN2O2. The van der Waals surface area contributed by atoms with Crippen LogP contribution in [0.25, 0.3) is 0 Å². The first-order valence-corrected chi connectivity index (χ1v) is 4.52. The molecule has 0 amide bonds. The minimum atomic E-state index is -0.376. The van der Waals surface area contributed by atoms with Gasteiger partial charge in [-0.25, -0.2) is 0 Å². The van der Waals surface area contributed by atoms with E-state index in [4.69, 9.17) is 0 Å². The smallest absolute Gasteiger partial charge is 0.273 e. The van der Waals surface area contributed by atoms with Crippen LogP contribution in [0.15, 0.2) is 22.7 Å². The number of nitro groups is 1. The standard InChI is InChI=1S/C8H9BrN2O2.ClH/c1-10-5-6-4-7(9)2-3-8(6)11(12)13;/h2-4,10H,5H2,1H3;1H. The Balaban J connectivity index is 0.00000169. The summed E-state index contributed by atoms with van der Waals surface area (Å²) in [5.74, 6) is 0. The van der Waals surface area contributed by atoms with E-state index in [9.17, 15) is 10.1 Å². The van der Waals surface area contributed by atoms with Crippen molar-refractivity contribution in [3.05, 3.63) is 38.3 Å². The third kappa shape index (κ3) is 3.25. The highest BCUT2D eigenvalue weighted by Gasteiger charge is 2.12. The van der Waals surface area contributed by atoms with Gasteiger partial charge in [-0.15, -0.1) is 12.4 Å². The second kappa shape index (κ2) is 5.95. The predicted octanol–water partition coefficient (Wildman–Crippen LogP) is 2.50. The Labute approximate surface area is 96.4 Å². The highest BCUT2D eigenvalue weighted by Crippen LogP contribution is 2.22. The van der Waals surface area contributed by atoms with E-state index in [1.54, 1.807) is 19.2 Å². The van der Waals surface area contributed by atoms with Gasteiger partial charge in [-0.1, -0.05) is 15.9 Å². The lowest BCUT2D eigenvalue weighted by Gasteiger charge is -2.01. The molecule has 1 rings (SSSR count). The molecule has 0 aliphatic heterocycles. The molecule has 1 aromatic carbocycles. The topological polar surface area (TPSA) is 55.2 Å². The summed E-state index contributed by atoms with van der Waals surface area (Å²) in [5.41, 5.74) is 0.833. The molecule has 1 N–H and O–H groups in total. The molecule has 0 aliphatic carbocycles. The lowest BCUT2D eigenvalue weighted by molar-refractivity contribution is -0.385. The van der Waals surface area contributed by atoms with Crippen LogP contribution in [0.2, 0.25) is 0 Å². The second-order valence-corrected chi connectivity index (χ2v) is 3.48. The van der Waals surface area contributed by atoms with Gasteiger partial charge in [-0.3, -0.25) is 10.1 Å². The van der Waals surface area contributed by atoms with Crippen LogP contribution in [0, 0.1) is 10.1 Å². The molecule has 78 valence electrons. The number of nitro benzene ring substituents is 1. The summed E-state index contributed by atoms with van der Waals surface area (Å²) in [7, 11) is 1.75. The zero-order chi connectivity index (χ0) is 9.84. The van der Waals surface area contributed by atoms with Crippen molar-refractivity contribution in [2.45, 2.75) is 6.54 Å². The molecule has 0 saturated carbocycles. The van der Waals surface area contributed by atoms with Crippen molar-refractivity contribution in [2.75, 3.05) is 7.05 Å². The van der Waals surface area contributed by atoms with Gasteiger partial charge in [0.05, 0.1) is 4.92 Å². The summed E-state index contributed by atoms with van der Waals surface area (Å²) >= 11 is 3.27. The number of rotatable bonds is 3. The molecule has 6 heteroatoms. The second-order valence-electron chi connectivity index (χ2n) is 2.56. The quantitative estimate of drug-likeness (QED) is 0.684. The highest BCUT2D eigenvalue weighted by atomic mass is 79.9. The molecule has 0 aromatic heterocycles. The molecule has 4 nitrogen and oxygen atoms in total. The number of halogens is 2. The monoisotopic (exact) mass is 280 g/mol. The number of nitrogens with one attached hydrogen (secondary N) is 1. The Kier molecular flexibility index (Phi) is 5.68.